The highest BCUT2D eigenvalue weighted by Crippen LogP contribution is 2.22. The van der Waals surface area contributed by atoms with Crippen LogP contribution in [0, 0.1) is 20.8 Å². The van der Waals surface area contributed by atoms with Crippen molar-refractivity contribution in [2.45, 2.75) is 33.2 Å². The first kappa shape index (κ1) is 12.3. The Bertz CT molecular complexity index is 497. The maximum Gasteiger partial charge on any atom is 0.0949 e. The minimum Gasteiger partial charge on any atom is -0.324 e. The zero-order chi connectivity index (χ0) is 12.4. The summed E-state index contributed by atoms with van der Waals surface area (Å²) in [5.41, 5.74) is 9.79. The Hall–Kier alpha value is -1.19. The molecule has 0 radical (unpaired) electrons. The SMILES string of the molecule is Cc1cccc(C(N)Cc2nc(C)c(C)s2)c1. The Labute approximate surface area is 107 Å². The third-order valence-electron chi connectivity index (χ3n) is 2.94. The number of hydrogen-bond acceptors (Lipinski definition) is 3. The minimum atomic E-state index is 0.0415. The Kier molecular flexibility index (Phi) is 3.60. The van der Waals surface area contributed by atoms with E-state index >= 15 is 0 Å². The lowest BCUT2D eigenvalue weighted by molar-refractivity contribution is 0.716. The van der Waals surface area contributed by atoms with Gasteiger partial charge < -0.3 is 5.73 Å². The lowest BCUT2D eigenvalue weighted by Gasteiger charge is -2.10. The summed E-state index contributed by atoms with van der Waals surface area (Å²) in [5.74, 6) is 0. The van der Waals surface area contributed by atoms with Crippen LogP contribution in [-0.2, 0) is 6.42 Å². The lowest BCUT2D eigenvalue weighted by atomic mass is 10.0. The van der Waals surface area contributed by atoms with Gasteiger partial charge in [-0.25, -0.2) is 4.98 Å². The van der Waals surface area contributed by atoms with Crippen molar-refractivity contribution in [3.05, 3.63) is 51.0 Å². The molecule has 90 valence electrons. The molecule has 0 aliphatic carbocycles. The van der Waals surface area contributed by atoms with Gasteiger partial charge in [-0.1, -0.05) is 29.8 Å². The Morgan fingerprint density at radius 2 is 2.06 bits per heavy atom. The molecule has 1 atom stereocenters. The predicted molar refractivity (Wildman–Crippen MR) is 73.4 cm³/mol. The van der Waals surface area contributed by atoms with Crippen molar-refractivity contribution >= 4 is 11.3 Å². The molecule has 0 aliphatic rings. The molecular weight excluding hydrogens is 228 g/mol. The molecule has 1 aromatic carbocycles. The molecule has 0 fully saturated rings. The van der Waals surface area contributed by atoms with E-state index in [-0.39, 0.29) is 6.04 Å². The smallest absolute Gasteiger partial charge is 0.0949 e. The monoisotopic (exact) mass is 246 g/mol. The quantitative estimate of drug-likeness (QED) is 0.902. The van der Waals surface area contributed by atoms with Crippen LogP contribution in [0.2, 0.25) is 0 Å². The fraction of sp³-hybridized carbons (Fsp3) is 0.357. The molecule has 2 N–H and O–H groups in total. The molecule has 17 heavy (non-hydrogen) atoms. The second-order valence-electron chi connectivity index (χ2n) is 4.47. The van der Waals surface area contributed by atoms with Crippen LogP contribution in [0.25, 0.3) is 0 Å². The highest BCUT2D eigenvalue weighted by molar-refractivity contribution is 7.11. The highest BCUT2D eigenvalue weighted by Gasteiger charge is 2.11. The summed E-state index contributed by atoms with van der Waals surface area (Å²) in [4.78, 5) is 5.83. The van der Waals surface area contributed by atoms with E-state index < -0.39 is 0 Å². The average molecular weight is 246 g/mol. The van der Waals surface area contributed by atoms with Crippen molar-refractivity contribution < 1.29 is 0 Å². The molecule has 0 saturated heterocycles. The first-order valence-electron chi connectivity index (χ1n) is 5.81. The fourth-order valence-electron chi connectivity index (χ4n) is 1.83. The molecule has 0 amide bonds. The summed E-state index contributed by atoms with van der Waals surface area (Å²) < 4.78 is 0. The number of nitrogens with two attached hydrogens (primary N) is 1. The van der Waals surface area contributed by atoms with Crippen molar-refractivity contribution in [2.75, 3.05) is 0 Å². The summed E-state index contributed by atoms with van der Waals surface area (Å²) in [6, 6.07) is 8.43. The van der Waals surface area contributed by atoms with Gasteiger partial charge in [0.1, 0.15) is 0 Å². The van der Waals surface area contributed by atoms with Gasteiger partial charge in [0.05, 0.1) is 10.7 Å². The Morgan fingerprint density at radius 1 is 1.29 bits per heavy atom. The molecule has 0 aliphatic heterocycles. The maximum atomic E-state index is 6.22. The minimum absolute atomic E-state index is 0.0415. The number of aryl methyl sites for hydroxylation is 3. The largest absolute Gasteiger partial charge is 0.324 e. The summed E-state index contributed by atoms with van der Waals surface area (Å²) >= 11 is 1.75. The third kappa shape index (κ3) is 2.93. The summed E-state index contributed by atoms with van der Waals surface area (Å²) in [5, 5.41) is 1.13. The van der Waals surface area contributed by atoms with Gasteiger partial charge >= 0.3 is 0 Å². The number of thiazole rings is 1. The van der Waals surface area contributed by atoms with E-state index in [4.69, 9.17) is 5.73 Å². The van der Waals surface area contributed by atoms with Crippen molar-refractivity contribution in [1.82, 2.24) is 4.98 Å². The third-order valence-corrected chi connectivity index (χ3v) is 4.03. The van der Waals surface area contributed by atoms with Gasteiger partial charge in [-0.3, -0.25) is 0 Å². The van der Waals surface area contributed by atoms with Crippen LogP contribution in [0.4, 0.5) is 0 Å². The Morgan fingerprint density at radius 3 is 2.65 bits per heavy atom. The number of hydrogen-bond donors (Lipinski definition) is 1. The predicted octanol–water partition coefficient (Wildman–Crippen LogP) is 3.31. The van der Waals surface area contributed by atoms with Gasteiger partial charge in [0, 0.05) is 17.3 Å². The molecule has 0 spiro atoms. The normalized spacial score (nSPS) is 12.7. The standard InChI is InChI=1S/C14H18N2S/c1-9-5-4-6-12(7-9)13(15)8-14-16-10(2)11(3)17-14/h4-7,13H,8,15H2,1-3H3. The molecule has 2 nitrogen and oxygen atoms in total. The van der Waals surface area contributed by atoms with Crippen molar-refractivity contribution in [1.29, 1.82) is 0 Å². The van der Waals surface area contributed by atoms with Crippen LogP contribution in [0.5, 0.6) is 0 Å². The second kappa shape index (κ2) is 4.98. The summed E-state index contributed by atoms with van der Waals surface area (Å²) in [7, 11) is 0. The Balaban J connectivity index is 2.14. The van der Waals surface area contributed by atoms with Crippen LogP contribution in [-0.4, -0.2) is 4.98 Å². The number of benzene rings is 1. The summed E-state index contributed by atoms with van der Waals surface area (Å²) in [6.07, 6.45) is 0.822. The molecule has 1 heterocycles. The maximum absolute atomic E-state index is 6.22. The molecule has 2 aromatic rings. The zero-order valence-corrected chi connectivity index (χ0v) is 11.3. The van der Waals surface area contributed by atoms with E-state index in [1.165, 1.54) is 16.0 Å². The van der Waals surface area contributed by atoms with Crippen LogP contribution < -0.4 is 5.73 Å². The van der Waals surface area contributed by atoms with Crippen molar-refractivity contribution in [3.8, 4) is 0 Å². The molecule has 2 rings (SSSR count). The van der Waals surface area contributed by atoms with E-state index in [1.54, 1.807) is 11.3 Å². The molecule has 1 unspecified atom stereocenters. The first-order valence-corrected chi connectivity index (χ1v) is 6.63. The molecule has 0 saturated carbocycles. The van der Waals surface area contributed by atoms with Gasteiger partial charge in [-0.2, -0.15) is 0 Å². The van der Waals surface area contributed by atoms with Crippen molar-refractivity contribution in [3.63, 3.8) is 0 Å². The van der Waals surface area contributed by atoms with Crippen LogP contribution in [0.15, 0.2) is 24.3 Å². The molecular formula is C14H18N2S. The zero-order valence-electron chi connectivity index (χ0n) is 10.5. The van der Waals surface area contributed by atoms with Crippen LogP contribution in [0.3, 0.4) is 0 Å². The number of rotatable bonds is 3. The molecule has 3 heteroatoms. The van der Waals surface area contributed by atoms with Crippen molar-refractivity contribution in [2.24, 2.45) is 5.73 Å². The lowest BCUT2D eigenvalue weighted by Crippen LogP contribution is -2.13. The van der Waals surface area contributed by atoms with Gasteiger partial charge in [-0.05, 0) is 26.3 Å². The van der Waals surface area contributed by atoms with Gasteiger partial charge in [-0.15, -0.1) is 11.3 Å². The summed E-state index contributed by atoms with van der Waals surface area (Å²) in [6.45, 7) is 6.25. The van der Waals surface area contributed by atoms with Crippen LogP contribution in [0.1, 0.15) is 32.7 Å². The van der Waals surface area contributed by atoms with E-state index in [2.05, 4.69) is 43.1 Å². The van der Waals surface area contributed by atoms with Gasteiger partial charge in [0.15, 0.2) is 0 Å². The number of aromatic nitrogens is 1. The topological polar surface area (TPSA) is 38.9 Å². The van der Waals surface area contributed by atoms with E-state index in [1.807, 2.05) is 6.92 Å². The van der Waals surface area contributed by atoms with Crippen LogP contribution >= 0.6 is 11.3 Å². The second-order valence-corrected chi connectivity index (χ2v) is 5.76. The number of nitrogens with zero attached hydrogens (tertiary/aromatic N) is 1. The van der Waals surface area contributed by atoms with E-state index in [0.29, 0.717) is 0 Å². The fourth-order valence-corrected chi connectivity index (χ4v) is 2.83. The van der Waals surface area contributed by atoms with E-state index in [0.717, 1.165) is 17.1 Å². The van der Waals surface area contributed by atoms with Gasteiger partial charge in [0.2, 0.25) is 0 Å². The van der Waals surface area contributed by atoms with Gasteiger partial charge in [0.25, 0.3) is 0 Å². The molecule has 1 aromatic heterocycles. The average Bonchev–Trinajstić information content (AvgIpc) is 2.58. The molecule has 0 bridgehead atoms. The van der Waals surface area contributed by atoms with E-state index in [9.17, 15) is 0 Å². The highest BCUT2D eigenvalue weighted by atomic mass is 32.1. The first-order chi connectivity index (χ1) is 8.06.